The van der Waals surface area contributed by atoms with Gasteiger partial charge in [-0.3, -0.25) is 9.59 Å². The number of benzene rings is 1. The molecule has 0 atom stereocenters. The minimum atomic E-state index is 0.142. The number of hydrogen-bond acceptors (Lipinski definition) is 2. The molecule has 0 bridgehead atoms. The van der Waals surface area contributed by atoms with Gasteiger partial charge >= 0.3 is 0 Å². The van der Waals surface area contributed by atoms with Gasteiger partial charge in [-0.2, -0.15) is 0 Å². The molecule has 0 saturated carbocycles. The van der Waals surface area contributed by atoms with Crippen LogP contribution in [0.15, 0.2) is 42.7 Å². The molecule has 0 spiro atoms. The number of carbonyl (C=O) groups excluding carboxylic acids is 2. The molecule has 2 heterocycles. The Kier molecular flexibility index (Phi) is 5.76. The molecule has 1 fully saturated rings. The Morgan fingerprint density at radius 2 is 1.65 bits per heavy atom. The van der Waals surface area contributed by atoms with Crippen LogP contribution in [0, 0.1) is 6.92 Å². The first kappa shape index (κ1) is 18.2. The van der Waals surface area contributed by atoms with E-state index in [9.17, 15) is 9.59 Å². The molecule has 1 saturated heterocycles. The molecule has 5 heteroatoms. The topological polar surface area (TPSA) is 45.6 Å². The molecule has 0 aliphatic carbocycles. The molecule has 2 amide bonds. The smallest absolute Gasteiger partial charge is 0.227 e. The van der Waals surface area contributed by atoms with Gasteiger partial charge in [0.2, 0.25) is 11.8 Å². The van der Waals surface area contributed by atoms with Gasteiger partial charge in [0.25, 0.3) is 0 Å². The van der Waals surface area contributed by atoms with Crippen molar-refractivity contribution in [3.05, 3.63) is 59.4 Å². The maximum absolute atomic E-state index is 12.4. The van der Waals surface area contributed by atoms with E-state index in [-0.39, 0.29) is 11.8 Å². The Hall–Kier alpha value is -2.56. The number of aryl methyl sites for hydroxylation is 3. The van der Waals surface area contributed by atoms with E-state index in [1.807, 2.05) is 45.9 Å². The maximum Gasteiger partial charge on any atom is 0.227 e. The van der Waals surface area contributed by atoms with E-state index >= 15 is 0 Å². The van der Waals surface area contributed by atoms with Crippen LogP contribution in [0.3, 0.4) is 0 Å². The summed E-state index contributed by atoms with van der Waals surface area (Å²) in [7, 11) is 1.95. The minimum absolute atomic E-state index is 0.142. The van der Waals surface area contributed by atoms with Gasteiger partial charge in [-0.05, 0) is 30.5 Å². The highest BCUT2D eigenvalue weighted by Gasteiger charge is 2.24. The fraction of sp³-hybridized carbons (Fsp3) is 0.429. The van der Waals surface area contributed by atoms with Crippen molar-refractivity contribution in [2.45, 2.75) is 26.2 Å². The molecule has 26 heavy (non-hydrogen) atoms. The van der Waals surface area contributed by atoms with Crippen LogP contribution in [0.25, 0.3) is 0 Å². The van der Waals surface area contributed by atoms with E-state index < -0.39 is 0 Å². The average molecular weight is 353 g/mol. The van der Waals surface area contributed by atoms with E-state index in [1.54, 1.807) is 0 Å². The summed E-state index contributed by atoms with van der Waals surface area (Å²) >= 11 is 0. The number of nitrogens with zero attached hydrogens (tertiary/aromatic N) is 3. The number of aromatic nitrogens is 1. The Balaban J connectivity index is 1.44. The third-order valence-corrected chi connectivity index (χ3v) is 4.94. The molecular formula is C21H27N3O2. The lowest BCUT2D eigenvalue weighted by atomic mass is 10.1. The molecule has 0 unspecified atom stereocenters. The van der Waals surface area contributed by atoms with Gasteiger partial charge < -0.3 is 14.4 Å². The third-order valence-electron chi connectivity index (χ3n) is 4.94. The van der Waals surface area contributed by atoms with Gasteiger partial charge in [0.05, 0.1) is 6.42 Å². The Bertz CT molecular complexity index is 773. The van der Waals surface area contributed by atoms with Crippen LogP contribution in [-0.4, -0.2) is 52.4 Å². The molecule has 1 aliphatic heterocycles. The lowest BCUT2D eigenvalue weighted by Crippen LogP contribution is -2.51. The number of rotatable bonds is 5. The van der Waals surface area contributed by atoms with Crippen molar-refractivity contribution in [1.29, 1.82) is 0 Å². The molecule has 2 aromatic rings. The van der Waals surface area contributed by atoms with Crippen LogP contribution in [0.2, 0.25) is 0 Å². The summed E-state index contributed by atoms with van der Waals surface area (Å²) in [5.74, 6) is 0.324. The van der Waals surface area contributed by atoms with Gasteiger partial charge in [0, 0.05) is 52.0 Å². The van der Waals surface area contributed by atoms with Crippen LogP contribution in [-0.2, 0) is 29.5 Å². The van der Waals surface area contributed by atoms with Crippen molar-refractivity contribution in [3.63, 3.8) is 0 Å². The summed E-state index contributed by atoms with van der Waals surface area (Å²) in [4.78, 5) is 28.6. The van der Waals surface area contributed by atoms with E-state index in [2.05, 4.69) is 25.1 Å². The van der Waals surface area contributed by atoms with E-state index in [1.165, 1.54) is 11.1 Å². The molecule has 1 aliphatic rings. The van der Waals surface area contributed by atoms with Crippen molar-refractivity contribution in [2.24, 2.45) is 7.05 Å². The first-order valence-corrected chi connectivity index (χ1v) is 9.23. The fourth-order valence-corrected chi connectivity index (χ4v) is 3.43. The Labute approximate surface area is 155 Å². The lowest BCUT2D eigenvalue weighted by molar-refractivity contribution is -0.139. The Morgan fingerprint density at radius 1 is 0.962 bits per heavy atom. The summed E-state index contributed by atoms with van der Waals surface area (Å²) in [6.45, 7) is 4.58. The van der Waals surface area contributed by atoms with Crippen LogP contribution in [0.4, 0.5) is 0 Å². The summed E-state index contributed by atoms with van der Waals surface area (Å²) in [6.07, 6.45) is 5.66. The quantitative estimate of drug-likeness (QED) is 0.827. The second kappa shape index (κ2) is 8.21. The molecule has 0 N–H and O–H groups in total. The molecule has 138 valence electrons. The first-order valence-electron chi connectivity index (χ1n) is 9.23. The highest BCUT2D eigenvalue weighted by atomic mass is 16.2. The van der Waals surface area contributed by atoms with Gasteiger partial charge in [0.15, 0.2) is 0 Å². The van der Waals surface area contributed by atoms with Crippen LogP contribution >= 0.6 is 0 Å². The number of hydrogen-bond donors (Lipinski definition) is 0. The van der Waals surface area contributed by atoms with Crippen molar-refractivity contribution in [3.8, 4) is 0 Å². The Morgan fingerprint density at radius 3 is 2.27 bits per heavy atom. The monoisotopic (exact) mass is 353 g/mol. The summed E-state index contributed by atoms with van der Waals surface area (Å²) < 4.78 is 1.95. The summed E-state index contributed by atoms with van der Waals surface area (Å²) in [5.41, 5.74) is 3.46. The zero-order valence-corrected chi connectivity index (χ0v) is 15.6. The van der Waals surface area contributed by atoms with Gasteiger partial charge in [-0.15, -0.1) is 0 Å². The summed E-state index contributed by atoms with van der Waals surface area (Å²) in [6, 6.07) is 10.3. The van der Waals surface area contributed by atoms with Crippen molar-refractivity contribution < 1.29 is 9.59 Å². The van der Waals surface area contributed by atoms with Crippen LogP contribution < -0.4 is 0 Å². The van der Waals surface area contributed by atoms with E-state index in [4.69, 9.17) is 0 Å². The number of amides is 2. The van der Waals surface area contributed by atoms with Crippen molar-refractivity contribution in [2.75, 3.05) is 26.2 Å². The molecule has 3 rings (SSSR count). The van der Waals surface area contributed by atoms with Crippen LogP contribution in [0.1, 0.15) is 23.1 Å². The van der Waals surface area contributed by atoms with Crippen molar-refractivity contribution >= 4 is 11.8 Å². The standard InChI is InChI=1S/C21H27N3O2/c1-17-4-3-5-18(14-17)6-7-20(25)23-10-12-24(13-11-23)21(26)15-19-8-9-22(2)16-19/h3-5,8-9,14,16H,6-7,10-13,15H2,1-2H3. The first-order chi connectivity index (χ1) is 12.5. The maximum atomic E-state index is 12.4. The second-order valence-electron chi connectivity index (χ2n) is 7.11. The predicted octanol–water partition coefficient (Wildman–Crippen LogP) is 2.18. The van der Waals surface area contributed by atoms with Crippen LogP contribution in [0.5, 0.6) is 0 Å². The van der Waals surface area contributed by atoms with Gasteiger partial charge in [-0.1, -0.05) is 29.8 Å². The molecule has 1 aromatic heterocycles. The fourth-order valence-electron chi connectivity index (χ4n) is 3.43. The SMILES string of the molecule is Cc1cccc(CCC(=O)N2CCN(C(=O)Cc3ccn(C)c3)CC2)c1. The third kappa shape index (κ3) is 4.75. The normalized spacial score (nSPS) is 14.5. The van der Waals surface area contributed by atoms with E-state index in [0.29, 0.717) is 39.0 Å². The minimum Gasteiger partial charge on any atom is -0.357 e. The predicted molar refractivity (Wildman–Crippen MR) is 102 cm³/mol. The molecular weight excluding hydrogens is 326 g/mol. The van der Waals surface area contributed by atoms with Crippen molar-refractivity contribution in [1.82, 2.24) is 14.4 Å². The second-order valence-corrected chi connectivity index (χ2v) is 7.11. The zero-order chi connectivity index (χ0) is 18.5. The highest BCUT2D eigenvalue weighted by Crippen LogP contribution is 2.11. The zero-order valence-electron chi connectivity index (χ0n) is 15.6. The van der Waals surface area contributed by atoms with E-state index in [0.717, 1.165) is 12.0 Å². The number of carbonyl (C=O) groups is 2. The highest BCUT2D eigenvalue weighted by molar-refractivity contribution is 5.80. The average Bonchev–Trinajstić information content (AvgIpc) is 3.04. The molecule has 1 aromatic carbocycles. The summed E-state index contributed by atoms with van der Waals surface area (Å²) in [5, 5.41) is 0. The van der Waals surface area contributed by atoms with Gasteiger partial charge in [0.1, 0.15) is 0 Å². The largest absolute Gasteiger partial charge is 0.357 e. The van der Waals surface area contributed by atoms with Gasteiger partial charge in [-0.25, -0.2) is 0 Å². The molecule has 0 radical (unpaired) electrons. The molecule has 5 nitrogen and oxygen atoms in total. The lowest BCUT2D eigenvalue weighted by Gasteiger charge is -2.35. The number of piperazine rings is 1.